The van der Waals surface area contributed by atoms with E-state index in [1.807, 2.05) is 37.4 Å². The minimum atomic E-state index is -3.10. The minimum Gasteiger partial charge on any atom is -0.304 e. The van der Waals surface area contributed by atoms with Gasteiger partial charge >= 0.3 is 0 Å². The molecule has 104 valence electrons. The summed E-state index contributed by atoms with van der Waals surface area (Å²) in [5.74, 6) is 0.200. The second-order valence-electron chi connectivity index (χ2n) is 5.54. The van der Waals surface area contributed by atoms with Gasteiger partial charge in [-0.3, -0.25) is 0 Å². The van der Waals surface area contributed by atoms with E-state index in [0.717, 1.165) is 25.1 Å². The van der Waals surface area contributed by atoms with Crippen LogP contribution in [0.1, 0.15) is 17.9 Å². The minimum absolute atomic E-state index is 0.196. The summed E-state index contributed by atoms with van der Waals surface area (Å²) in [5.41, 5.74) is 1.16. The molecule has 0 bridgehead atoms. The fourth-order valence-electron chi connectivity index (χ4n) is 2.79. The van der Waals surface area contributed by atoms with E-state index in [-0.39, 0.29) is 11.2 Å². The van der Waals surface area contributed by atoms with Crippen LogP contribution in [0, 0.1) is 0 Å². The van der Waals surface area contributed by atoms with Gasteiger partial charge in [-0.15, -0.1) is 0 Å². The summed E-state index contributed by atoms with van der Waals surface area (Å²) in [6, 6.07) is 9.99. The molecule has 1 saturated heterocycles. The number of hydrogen-bond donors (Lipinski definition) is 0. The molecule has 1 aromatic carbocycles. The zero-order valence-electron chi connectivity index (χ0n) is 11.2. The summed E-state index contributed by atoms with van der Waals surface area (Å²) >= 11 is 0. The Balaban J connectivity index is 1.70. The SMILES string of the molecule is CN1CCN(S(=O)(=O)C2CC2c2ccccc2)CC1. The maximum Gasteiger partial charge on any atom is 0.217 e. The van der Waals surface area contributed by atoms with Crippen molar-refractivity contribution in [2.45, 2.75) is 17.6 Å². The Bertz CT molecular complexity index is 536. The van der Waals surface area contributed by atoms with Crippen molar-refractivity contribution in [1.82, 2.24) is 9.21 Å². The number of sulfonamides is 1. The quantitative estimate of drug-likeness (QED) is 0.833. The zero-order valence-corrected chi connectivity index (χ0v) is 12.0. The number of nitrogens with zero attached hydrogens (tertiary/aromatic N) is 2. The lowest BCUT2D eigenvalue weighted by Gasteiger charge is -2.31. The van der Waals surface area contributed by atoms with Crippen molar-refractivity contribution in [2.24, 2.45) is 0 Å². The number of rotatable bonds is 3. The molecule has 4 nitrogen and oxygen atoms in total. The Morgan fingerprint density at radius 2 is 1.68 bits per heavy atom. The Morgan fingerprint density at radius 1 is 1.05 bits per heavy atom. The van der Waals surface area contributed by atoms with Crippen molar-refractivity contribution in [3.05, 3.63) is 35.9 Å². The first-order valence-electron chi connectivity index (χ1n) is 6.81. The van der Waals surface area contributed by atoms with E-state index in [2.05, 4.69) is 4.90 Å². The highest BCUT2D eigenvalue weighted by atomic mass is 32.2. The van der Waals surface area contributed by atoms with Crippen LogP contribution in [-0.2, 0) is 10.0 Å². The first kappa shape index (κ1) is 13.1. The second-order valence-corrected chi connectivity index (χ2v) is 7.69. The maximum absolute atomic E-state index is 12.5. The van der Waals surface area contributed by atoms with Crippen molar-refractivity contribution >= 4 is 10.0 Å². The van der Waals surface area contributed by atoms with Gasteiger partial charge in [-0.2, -0.15) is 4.31 Å². The zero-order chi connectivity index (χ0) is 13.5. The summed E-state index contributed by atoms with van der Waals surface area (Å²) in [7, 11) is -1.07. The van der Waals surface area contributed by atoms with E-state index in [1.165, 1.54) is 0 Å². The molecule has 5 heteroatoms. The molecular weight excluding hydrogens is 260 g/mol. The molecule has 2 unspecified atom stereocenters. The average molecular weight is 280 g/mol. The van der Waals surface area contributed by atoms with Gasteiger partial charge in [-0.05, 0) is 19.0 Å². The molecule has 0 radical (unpaired) electrons. The van der Waals surface area contributed by atoms with Gasteiger partial charge in [-0.25, -0.2) is 8.42 Å². The van der Waals surface area contributed by atoms with Gasteiger partial charge in [0.2, 0.25) is 10.0 Å². The van der Waals surface area contributed by atoms with Crippen molar-refractivity contribution in [1.29, 1.82) is 0 Å². The molecule has 19 heavy (non-hydrogen) atoms. The van der Waals surface area contributed by atoms with Crippen LogP contribution < -0.4 is 0 Å². The van der Waals surface area contributed by atoms with Crippen molar-refractivity contribution in [2.75, 3.05) is 33.2 Å². The molecule has 2 fully saturated rings. The smallest absolute Gasteiger partial charge is 0.217 e. The molecule has 1 aliphatic carbocycles. The van der Waals surface area contributed by atoms with Gasteiger partial charge in [-0.1, -0.05) is 30.3 Å². The lowest BCUT2D eigenvalue weighted by Crippen LogP contribution is -2.48. The third-order valence-electron chi connectivity index (χ3n) is 4.16. The molecule has 0 N–H and O–H groups in total. The van der Waals surface area contributed by atoms with Gasteiger partial charge in [0.25, 0.3) is 0 Å². The maximum atomic E-state index is 12.5. The van der Waals surface area contributed by atoms with Crippen LogP contribution in [0.25, 0.3) is 0 Å². The molecule has 2 aliphatic rings. The molecule has 1 saturated carbocycles. The van der Waals surface area contributed by atoms with E-state index in [1.54, 1.807) is 4.31 Å². The first-order chi connectivity index (χ1) is 9.09. The third-order valence-corrected chi connectivity index (χ3v) is 6.54. The number of benzene rings is 1. The largest absolute Gasteiger partial charge is 0.304 e. The summed E-state index contributed by atoms with van der Waals surface area (Å²) < 4.78 is 26.8. The first-order valence-corrected chi connectivity index (χ1v) is 8.32. The molecule has 0 aromatic heterocycles. The number of likely N-dealkylation sites (N-methyl/N-ethyl adjacent to an activating group) is 1. The van der Waals surface area contributed by atoms with Crippen molar-refractivity contribution < 1.29 is 8.42 Å². The monoisotopic (exact) mass is 280 g/mol. The predicted molar refractivity (Wildman–Crippen MR) is 75.6 cm³/mol. The third kappa shape index (κ3) is 2.55. The summed E-state index contributed by atoms with van der Waals surface area (Å²) in [6.45, 7) is 2.94. The summed E-state index contributed by atoms with van der Waals surface area (Å²) in [5, 5.41) is -0.196. The van der Waals surface area contributed by atoms with Gasteiger partial charge in [0.05, 0.1) is 5.25 Å². The molecule has 2 atom stereocenters. The van der Waals surface area contributed by atoms with Crippen LogP contribution >= 0.6 is 0 Å². The topological polar surface area (TPSA) is 40.6 Å². The van der Waals surface area contributed by atoms with E-state index in [0.29, 0.717) is 13.1 Å². The highest BCUT2D eigenvalue weighted by Crippen LogP contribution is 2.46. The number of piperazine rings is 1. The van der Waals surface area contributed by atoms with Gasteiger partial charge < -0.3 is 4.90 Å². The Hall–Kier alpha value is -0.910. The summed E-state index contributed by atoms with van der Waals surface area (Å²) in [4.78, 5) is 2.17. The molecule has 1 heterocycles. The average Bonchev–Trinajstić information content (AvgIpc) is 3.21. The van der Waals surface area contributed by atoms with Gasteiger partial charge in [0.15, 0.2) is 0 Å². The van der Waals surface area contributed by atoms with E-state index >= 15 is 0 Å². The Morgan fingerprint density at radius 3 is 2.32 bits per heavy atom. The highest BCUT2D eigenvalue weighted by Gasteiger charge is 2.50. The molecular formula is C14H20N2O2S. The van der Waals surface area contributed by atoms with E-state index in [4.69, 9.17) is 0 Å². The van der Waals surface area contributed by atoms with E-state index < -0.39 is 10.0 Å². The van der Waals surface area contributed by atoms with Crippen LogP contribution in [0.4, 0.5) is 0 Å². The molecule has 1 aliphatic heterocycles. The Kier molecular flexibility index (Phi) is 3.37. The van der Waals surface area contributed by atoms with E-state index in [9.17, 15) is 8.42 Å². The van der Waals surface area contributed by atoms with Gasteiger partial charge in [0.1, 0.15) is 0 Å². The molecule has 1 aromatic rings. The Labute approximate surface area is 115 Å². The van der Waals surface area contributed by atoms with Crippen LogP contribution in [0.2, 0.25) is 0 Å². The lowest BCUT2D eigenvalue weighted by molar-refractivity contribution is 0.222. The van der Waals surface area contributed by atoms with Crippen molar-refractivity contribution in [3.8, 4) is 0 Å². The van der Waals surface area contributed by atoms with Crippen LogP contribution in [-0.4, -0.2) is 56.1 Å². The molecule has 0 spiro atoms. The summed E-state index contributed by atoms with van der Waals surface area (Å²) in [6.07, 6.45) is 0.776. The van der Waals surface area contributed by atoms with Crippen LogP contribution in [0.5, 0.6) is 0 Å². The lowest BCUT2D eigenvalue weighted by atomic mass is 10.1. The van der Waals surface area contributed by atoms with Crippen LogP contribution in [0.3, 0.4) is 0 Å². The fraction of sp³-hybridized carbons (Fsp3) is 0.571. The van der Waals surface area contributed by atoms with Gasteiger partial charge in [0, 0.05) is 32.1 Å². The predicted octanol–water partition coefficient (Wildman–Crippen LogP) is 1.12. The normalized spacial score (nSPS) is 29.3. The van der Waals surface area contributed by atoms with Crippen molar-refractivity contribution in [3.63, 3.8) is 0 Å². The molecule has 3 rings (SSSR count). The second kappa shape index (κ2) is 4.89. The fourth-order valence-corrected chi connectivity index (χ4v) is 4.86. The van der Waals surface area contributed by atoms with Crippen LogP contribution in [0.15, 0.2) is 30.3 Å². The standard InChI is InChI=1S/C14H20N2O2S/c1-15-7-9-16(10-8-15)19(17,18)14-11-13(14)12-5-3-2-4-6-12/h2-6,13-14H,7-11H2,1H3. The molecule has 0 amide bonds. The number of hydrogen-bond acceptors (Lipinski definition) is 3. The highest BCUT2D eigenvalue weighted by molar-refractivity contribution is 7.90.